The van der Waals surface area contributed by atoms with Gasteiger partial charge in [0.1, 0.15) is 6.04 Å². The maximum Gasteiger partial charge on any atom is 0.241 e. The van der Waals surface area contributed by atoms with Crippen LogP contribution < -0.4 is 11.1 Å². The number of nitrogens with zero attached hydrogens (tertiary/aromatic N) is 3. The highest BCUT2D eigenvalue weighted by Crippen LogP contribution is 2.09. The predicted octanol–water partition coefficient (Wildman–Crippen LogP) is 0.0220. The van der Waals surface area contributed by atoms with E-state index < -0.39 is 6.04 Å². The number of hydrogen-bond acceptors (Lipinski definition) is 4. The normalized spacial score (nSPS) is 17.6. The van der Waals surface area contributed by atoms with Crippen LogP contribution in [0.5, 0.6) is 0 Å². The molecule has 0 aliphatic carbocycles. The van der Waals surface area contributed by atoms with Gasteiger partial charge in [0.2, 0.25) is 5.91 Å². The molecule has 0 aromatic carbocycles. The first-order valence-electron chi connectivity index (χ1n) is 6.91. The first kappa shape index (κ1) is 14.0. The highest BCUT2D eigenvalue weighted by atomic mass is 16.2. The zero-order chi connectivity index (χ0) is 13.7. The van der Waals surface area contributed by atoms with E-state index in [9.17, 15) is 4.79 Å². The minimum Gasteiger partial charge on any atom is -0.354 e. The number of likely N-dealkylation sites (tertiary alicyclic amines) is 1. The summed E-state index contributed by atoms with van der Waals surface area (Å²) >= 11 is 0. The third-order valence-electron chi connectivity index (χ3n) is 3.52. The van der Waals surface area contributed by atoms with Crippen LogP contribution in [0.25, 0.3) is 0 Å². The molecule has 0 spiro atoms. The largest absolute Gasteiger partial charge is 0.354 e. The maximum atomic E-state index is 11.9. The first-order valence-corrected chi connectivity index (χ1v) is 6.91. The van der Waals surface area contributed by atoms with E-state index in [1.54, 1.807) is 17.1 Å². The third-order valence-corrected chi connectivity index (χ3v) is 3.52. The molecule has 106 valence electrons. The van der Waals surface area contributed by atoms with Crippen LogP contribution in [0.2, 0.25) is 0 Å². The number of rotatable bonds is 6. The van der Waals surface area contributed by atoms with Crippen molar-refractivity contribution in [2.45, 2.75) is 25.3 Å². The molecule has 0 saturated carbocycles. The van der Waals surface area contributed by atoms with Crippen LogP contribution in [-0.4, -0.2) is 46.8 Å². The van der Waals surface area contributed by atoms with Gasteiger partial charge in [0.15, 0.2) is 0 Å². The van der Waals surface area contributed by atoms with Crippen molar-refractivity contribution >= 4 is 5.91 Å². The van der Waals surface area contributed by atoms with Gasteiger partial charge in [-0.15, -0.1) is 0 Å². The van der Waals surface area contributed by atoms with Crippen molar-refractivity contribution in [2.24, 2.45) is 12.8 Å². The Kier molecular flexibility index (Phi) is 4.93. The molecule has 0 bridgehead atoms. The Bertz CT molecular complexity index is 411. The number of nitrogens with one attached hydrogen (secondary N) is 1. The molecule has 1 aliphatic rings. The summed E-state index contributed by atoms with van der Waals surface area (Å²) in [7, 11) is 1.81. The minimum atomic E-state index is -0.625. The van der Waals surface area contributed by atoms with Crippen LogP contribution in [0.15, 0.2) is 12.4 Å². The first-order chi connectivity index (χ1) is 9.16. The molecule has 1 aromatic heterocycles. The van der Waals surface area contributed by atoms with Crippen molar-refractivity contribution < 1.29 is 4.79 Å². The zero-order valence-electron chi connectivity index (χ0n) is 11.5. The smallest absolute Gasteiger partial charge is 0.241 e. The van der Waals surface area contributed by atoms with Crippen LogP contribution in [0.1, 0.15) is 30.9 Å². The molecule has 1 fully saturated rings. The van der Waals surface area contributed by atoms with E-state index in [1.807, 2.05) is 7.05 Å². The summed E-state index contributed by atoms with van der Waals surface area (Å²) in [5.41, 5.74) is 6.63. The molecule has 1 aromatic rings. The summed E-state index contributed by atoms with van der Waals surface area (Å²) in [6, 6.07) is -0.625. The molecule has 19 heavy (non-hydrogen) atoms. The van der Waals surface area contributed by atoms with Gasteiger partial charge in [0.05, 0.1) is 6.20 Å². The fourth-order valence-corrected chi connectivity index (χ4v) is 2.38. The minimum absolute atomic E-state index is 0.130. The lowest BCUT2D eigenvalue weighted by atomic mass is 10.1. The monoisotopic (exact) mass is 265 g/mol. The van der Waals surface area contributed by atoms with E-state index in [4.69, 9.17) is 5.73 Å². The molecule has 2 rings (SSSR count). The van der Waals surface area contributed by atoms with Crippen molar-refractivity contribution in [3.63, 3.8) is 0 Å². The van der Waals surface area contributed by atoms with Crippen molar-refractivity contribution in [1.82, 2.24) is 20.0 Å². The van der Waals surface area contributed by atoms with Gasteiger partial charge in [-0.2, -0.15) is 5.10 Å². The van der Waals surface area contributed by atoms with Gasteiger partial charge in [0, 0.05) is 25.4 Å². The van der Waals surface area contributed by atoms with Gasteiger partial charge < -0.3 is 16.0 Å². The molecule has 6 heteroatoms. The summed E-state index contributed by atoms with van der Waals surface area (Å²) in [5, 5.41) is 6.91. The number of carbonyl (C=O) groups is 1. The van der Waals surface area contributed by atoms with Crippen LogP contribution in [0.4, 0.5) is 0 Å². The Hall–Kier alpha value is -1.40. The lowest BCUT2D eigenvalue weighted by molar-refractivity contribution is -0.122. The number of nitrogens with two attached hydrogens (primary N) is 1. The van der Waals surface area contributed by atoms with Gasteiger partial charge in [-0.05, 0) is 38.9 Å². The Morgan fingerprint density at radius 1 is 1.53 bits per heavy atom. The van der Waals surface area contributed by atoms with Crippen molar-refractivity contribution in [3.05, 3.63) is 18.0 Å². The third kappa shape index (κ3) is 4.04. The highest BCUT2D eigenvalue weighted by Gasteiger charge is 2.17. The number of aromatic nitrogens is 2. The van der Waals surface area contributed by atoms with Gasteiger partial charge >= 0.3 is 0 Å². The van der Waals surface area contributed by atoms with Gasteiger partial charge in [-0.3, -0.25) is 9.48 Å². The second kappa shape index (κ2) is 6.68. The Balaban J connectivity index is 1.66. The van der Waals surface area contributed by atoms with Crippen LogP contribution in [-0.2, 0) is 11.8 Å². The average molecular weight is 265 g/mol. The van der Waals surface area contributed by atoms with Crippen LogP contribution >= 0.6 is 0 Å². The average Bonchev–Trinajstić information content (AvgIpc) is 3.04. The van der Waals surface area contributed by atoms with Crippen molar-refractivity contribution in [1.29, 1.82) is 0 Å². The van der Waals surface area contributed by atoms with E-state index >= 15 is 0 Å². The van der Waals surface area contributed by atoms with Crippen molar-refractivity contribution in [2.75, 3.05) is 26.2 Å². The Morgan fingerprint density at radius 3 is 2.89 bits per heavy atom. The Labute approximate surface area is 113 Å². The molecule has 3 N–H and O–H groups in total. The standard InChI is InChI=1S/C13H23N5O/c1-17-10-11(9-16-17)12(14)13(19)15-5-4-8-18-6-2-3-7-18/h9-10,12H,2-8,14H2,1H3,(H,15,19). The summed E-state index contributed by atoms with van der Waals surface area (Å²) in [4.78, 5) is 14.3. The summed E-state index contributed by atoms with van der Waals surface area (Å²) < 4.78 is 1.65. The molecule has 1 amide bonds. The van der Waals surface area contributed by atoms with Gasteiger partial charge in [0.25, 0.3) is 0 Å². The van der Waals surface area contributed by atoms with E-state index in [1.165, 1.54) is 25.9 Å². The second-order valence-corrected chi connectivity index (χ2v) is 5.12. The molecule has 1 aliphatic heterocycles. The fraction of sp³-hybridized carbons (Fsp3) is 0.692. The van der Waals surface area contributed by atoms with Crippen molar-refractivity contribution in [3.8, 4) is 0 Å². The van der Waals surface area contributed by atoms with E-state index in [-0.39, 0.29) is 5.91 Å². The summed E-state index contributed by atoms with van der Waals surface area (Å²) in [5.74, 6) is -0.130. The van der Waals surface area contributed by atoms with Gasteiger partial charge in [-0.1, -0.05) is 0 Å². The predicted molar refractivity (Wildman–Crippen MR) is 73.4 cm³/mol. The Morgan fingerprint density at radius 2 is 2.26 bits per heavy atom. The molecule has 2 heterocycles. The molecular formula is C13H23N5O. The molecule has 1 unspecified atom stereocenters. The quantitative estimate of drug-likeness (QED) is 0.711. The number of carbonyl (C=O) groups excluding carboxylic acids is 1. The van der Waals surface area contributed by atoms with E-state index in [0.717, 1.165) is 18.5 Å². The van der Waals surface area contributed by atoms with E-state index in [0.29, 0.717) is 6.54 Å². The highest BCUT2D eigenvalue weighted by molar-refractivity contribution is 5.82. The zero-order valence-corrected chi connectivity index (χ0v) is 11.5. The molecule has 0 radical (unpaired) electrons. The second-order valence-electron chi connectivity index (χ2n) is 5.12. The maximum absolute atomic E-state index is 11.9. The molecule has 1 saturated heterocycles. The lowest BCUT2D eigenvalue weighted by Crippen LogP contribution is -2.35. The lowest BCUT2D eigenvalue weighted by Gasteiger charge is -2.15. The molecular weight excluding hydrogens is 242 g/mol. The topological polar surface area (TPSA) is 76.2 Å². The van der Waals surface area contributed by atoms with Gasteiger partial charge in [-0.25, -0.2) is 0 Å². The fourth-order valence-electron chi connectivity index (χ4n) is 2.38. The number of amides is 1. The molecule has 1 atom stereocenters. The summed E-state index contributed by atoms with van der Waals surface area (Å²) in [6.45, 7) is 4.14. The van der Waals surface area contributed by atoms with E-state index in [2.05, 4.69) is 15.3 Å². The van der Waals surface area contributed by atoms with Crippen LogP contribution in [0.3, 0.4) is 0 Å². The molecule has 6 nitrogen and oxygen atoms in total. The SMILES string of the molecule is Cn1cc(C(N)C(=O)NCCCN2CCCC2)cn1. The summed E-state index contributed by atoms with van der Waals surface area (Å²) in [6.07, 6.45) is 6.99. The number of aryl methyl sites for hydroxylation is 1. The van der Waals surface area contributed by atoms with Crippen LogP contribution in [0, 0.1) is 0 Å². The number of hydrogen-bond donors (Lipinski definition) is 2.